The van der Waals surface area contributed by atoms with Crippen LogP contribution in [0.1, 0.15) is 6.42 Å². The Balaban J connectivity index is 2.03. The van der Waals surface area contributed by atoms with E-state index in [1.807, 2.05) is 0 Å². The first-order chi connectivity index (χ1) is 8.56. The van der Waals surface area contributed by atoms with Crippen LogP contribution in [0, 0.1) is 10.1 Å². The van der Waals surface area contributed by atoms with Gasteiger partial charge >= 0.3 is 6.03 Å². The highest BCUT2D eigenvalue weighted by Crippen LogP contribution is 2.18. The van der Waals surface area contributed by atoms with Crippen molar-refractivity contribution >= 4 is 17.4 Å². The zero-order chi connectivity index (χ0) is 13.1. The molecule has 1 aromatic carbocycles. The molecule has 2 amide bonds. The van der Waals surface area contributed by atoms with Gasteiger partial charge in [0.15, 0.2) is 0 Å². The maximum absolute atomic E-state index is 11.8. The lowest BCUT2D eigenvalue weighted by Crippen LogP contribution is -2.35. The van der Waals surface area contributed by atoms with Crippen LogP contribution in [0.2, 0.25) is 0 Å². The molecular weight excluding hydrogens is 236 g/mol. The molecule has 0 aromatic heterocycles. The van der Waals surface area contributed by atoms with Gasteiger partial charge in [-0.1, -0.05) is 6.07 Å². The molecule has 18 heavy (non-hydrogen) atoms. The maximum atomic E-state index is 11.8. The molecule has 7 heteroatoms. The molecule has 0 aliphatic carbocycles. The molecule has 1 aliphatic rings. The lowest BCUT2D eigenvalue weighted by atomic mass is 10.3. The lowest BCUT2D eigenvalue weighted by Gasteiger charge is -2.16. The van der Waals surface area contributed by atoms with Crippen LogP contribution in [0.5, 0.6) is 0 Å². The number of non-ortho nitro benzene ring substituents is 1. The molecule has 1 unspecified atom stereocenters. The number of rotatable bonds is 2. The summed E-state index contributed by atoms with van der Waals surface area (Å²) in [6, 6.07) is 5.59. The Bertz CT molecular complexity index is 477. The molecule has 2 rings (SSSR count). The first-order valence-electron chi connectivity index (χ1n) is 5.62. The van der Waals surface area contributed by atoms with Crippen molar-refractivity contribution in [3.8, 4) is 0 Å². The van der Waals surface area contributed by atoms with E-state index in [1.165, 1.54) is 18.2 Å². The molecule has 1 aromatic rings. The van der Waals surface area contributed by atoms with E-state index < -0.39 is 4.92 Å². The standard InChI is InChI=1S/C11H14N4O3/c12-8-4-5-14(7-8)11(16)13-9-2-1-3-10(6-9)15(17)18/h1-3,6,8H,4-5,7,12H2,(H,13,16). The summed E-state index contributed by atoms with van der Waals surface area (Å²) in [6.45, 7) is 1.13. The van der Waals surface area contributed by atoms with E-state index in [4.69, 9.17) is 5.73 Å². The SMILES string of the molecule is NC1CCN(C(=O)Nc2cccc([N+](=O)[O-])c2)C1. The molecule has 0 spiro atoms. The Hall–Kier alpha value is -2.15. The van der Waals surface area contributed by atoms with Gasteiger partial charge in [-0.3, -0.25) is 10.1 Å². The van der Waals surface area contributed by atoms with Crippen molar-refractivity contribution in [3.05, 3.63) is 34.4 Å². The normalized spacial score (nSPS) is 18.7. The van der Waals surface area contributed by atoms with E-state index in [1.54, 1.807) is 11.0 Å². The number of hydrogen-bond acceptors (Lipinski definition) is 4. The number of carbonyl (C=O) groups is 1. The van der Waals surface area contributed by atoms with Crippen molar-refractivity contribution in [2.24, 2.45) is 5.73 Å². The fourth-order valence-electron chi connectivity index (χ4n) is 1.87. The second-order valence-corrected chi connectivity index (χ2v) is 4.23. The van der Waals surface area contributed by atoms with Crippen LogP contribution < -0.4 is 11.1 Å². The van der Waals surface area contributed by atoms with Crippen molar-refractivity contribution in [1.82, 2.24) is 4.90 Å². The van der Waals surface area contributed by atoms with Crippen LogP contribution in [0.25, 0.3) is 0 Å². The van der Waals surface area contributed by atoms with Gasteiger partial charge in [0.05, 0.1) is 4.92 Å². The van der Waals surface area contributed by atoms with Crippen LogP contribution in [-0.2, 0) is 0 Å². The van der Waals surface area contributed by atoms with Gasteiger partial charge in [-0.05, 0) is 12.5 Å². The van der Waals surface area contributed by atoms with E-state index in [0.29, 0.717) is 18.8 Å². The van der Waals surface area contributed by atoms with Crippen LogP contribution in [-0.4, -0.2) is 35.0 Å². The van der Waals surface area contributed by atoms with Crippen molar-refractivity contribution in [1.29, 1.82) is 0 Å². The third kappa shape index (κ3) is 2.75. The monoisotopic (exact) mass is 250 g/mol. The van der Waals surface area contributed by atoms with Crippen LogP contribution in [0.4, 0.5) is 16.2 Å². The lowest BCUT2D eigenvalue weighted by molar-refractivity contribution is -0.384. The summed E-state index contributed by atoms with van der Waals surface area (Å²) in [5, 5.41) is 13.2. The highest BCUT2D eigenvalue weighted by Gasteiger charge is 2.23. The van der Waals surface area contributed by atoms with Crippen LogP contribution in [0.3, 0.4) is 0 Å². The topological polar surface area (TPSA) is 102 Å². The van der Waals surface area contributed by atoms with Gasteiger partial charge in [-0.25, -0.2) is 4.79 Å². The Morgan fingerprint density at radius 1 is 1.56 bits per heavy atom. The van der Waals surface area contributed by atoms with E-state index in [2.05, 4.69) is 5.32 Å². The number of hydrogen-bond donors (Lipinski definition) is 2. The Morgan fingerprint density at radius 2 is 2.33 bits per heavy atom. The Morgan fingerprint density at radius 3 is 2.94 bits per heavy atom. The molecule has 1 fully saturated rings. The molecule has 1 aliphatic heterocycles. The molecule has 1 saturated heterocycles. The number of nitrogens with two attached hydrogens (primary N) is 1. The number of benzene rings is 1. The Kier molecular flexibility index (Phi) is 3.42. The summed E-state index contributed by atoms with van der Waals surface area (Å²) in [5.41, 5.74) is 6.07. The van der Waals surface area contributed by atoms with Gasteiger partial charge < -0.3 is 16.0 Å². The fourth-order valence-corrected chi connectivity index (χ4v) is 1.87. The summed E-state index contributed by atoms with van der Waals surface area (Å²) in [5.74, 6) is 0. The number of likely N-dealkylation sites (tertiary alicyclic amines) is 1. The highest BCUT2D eigenvalue weighted by atomic mass is 16.6. The number of nitrogens with zero attached hydrogens (tertiary/aromatic N) is 2. The number of anilines is 1. The first kappa shape index (κ1) is 12.3. The molecule has 0 bridgehead atoms. The average molecular weight is 250 g/mol. The summed E-state index contributed by atoms with van der Waals surface area (Å²) < 4.78 is 0. The quantitative estimate of drug-likeness (QED) is 0.607. The van der Waals surface area contributed by atoms with Gasteiger partial charge in [0, 0.05) is 37.0 Å². The minimum Gasteiger partial charge on any atom is -0.326 e. The molecular formula is C11H14N4O3. The molecule has 7 nitrogen and oxygen atoms in total. The van der Waals surface area contributed by atoms with Crippen LogP contribution >= 0.6 is 0 Å². The first-order valence-corrected chi connectivity index (χ1v) is 5.62. The molecule has 96 valence electrons. The van der Waals surface area contributed by atoms with E-state index in [0.717, 1.165) is 6.42 Å². The number of nitro groups is 1. The summed E-state index contributed by atoms with van der Waals surface area (Å²) in [7, 11) is 0. The van der Waals surface area contributed by atoms with Gasteiger partial charge in [0.1, 0.15) is 0 Å². The minimum atomic E-state index is -0.499. The van der Waals surface area contributed by atoms with Gasteiger partial charge in [0.2, 0.25) is 0 Å². The van der Waals surface area contributed by atoms with Gasteiger partial charge in [0.25, 0.3) is 5.69 Å². The highest BCUT2D eigenvalue weighted by molar-refractivity contribution is 5.89. The number of nitro benzene ring substituents is 1. The minimum absolute atomic E-state index is 0.0147. The van der Waals surface area contributed by atoms with Crippen molar-refractivity contribution < 1.29 is 9.72 Å². The predicted molar refractivity (Wildman–Crippen MR) is 66.3 cm³/mol. The predicted octanol–water partition coefficient (Wildman–Crippen LogP) is 1.16. The maximum Gasteiger partial charge on any atom is 0.321 e. The van der Waals surface area contributed by atoms with E-state index in [-0.39, 0.29) is 17.8 Å². The largest absolute Gasteiger partial charge is 0.326 e. The zero-order valence-electron chi connectivity index (χ0n) is 9.70. The Labute approximate surface area is 104 Å². The molecule has 1 heterocycles. The summed E-state index contributed by atoms with van der Waals surface area (Å²) in [4.78, 5) is 23.5. The third-order valence-electron chi connectivity index (χ3n) is 2.82. The van der Waals surface area contributed by atoms with Crippen LogP contribution in [0.15, 0.2) is 24.3 Å². The van der Waals surface area contributed by atoms with E-state index >= 15 is 0 Å². The molecule has 0 radical (unpaired) electrons. The van der Waals surface area contributed by atoms with E-state index in [9.17, 15) is 14.9 Å². The molecule has 0 saturated carbocycles. The van der Waals surface area contributed by atoms with Crippen molar-refractivity contribution in [3.63, 3.8) is 0 Å². The second kappa shape index (κ2) is 5.01. The number of nitrogens with one attached hydrogen (secondary N) is 1. The summed E-state index contributed by atoms with van der Waals surface area (Å²) in [6.07, 6.45) is 0.780. The summed E-state index contributed by atoms with van der Waals surface area (Å²) >= 11 is 0. The number of urea groups is 1. The smallest absolute Gasteiger partial charge is 0.321 e. The number of amides is 2. The fraction of sp³-hybridized carbons (Fsp3) is 0.364. The van der Waals surface area contributed by atoms with Gasteiger partial charge in [-0.15, -0.1) is 0 Å². The number of carbonyl (C=O) groups excluding carboxylic acids is 1. The van der Waals surface area contributed by atoms with Crippen molar-refractivity contribution in [2.75, 3.05) is 18.4 Å². The van der Waals surface area contributed by atoms with Gasteiger partial charge in [-0.2, -0.15) is 0 Å². The second-order valence-electron chi connectivity index (χ2n) is 4.23. The van der Waals surface area contributed by atoms with Crippen molar-refractivity contribution in [2.45, 2.75) is 12.5 Å². The third-order valence-corrected chi connectivity index (χ3v) is 2.82. The average Bonchev–Trinajstić information content (AvgIpc) is 2.76. The zero-order valence-corrected chi connectivity index (χ0v) is 9.70. The molecule has 3 N–H and O–H groups in total. The molecule has 1 atom stereocenters.